The van der Waals surface area contributed by atoms with E-state index in [1.807, 2.05) is 4.90 Å². The first-order chi connectivity index (χ1) is 19.8. The van der Waals surface area contributed by atoms with Crippen molar-refractivity contribution in [2.75, 3.05) is 56.2 Å². The van der Waals surface area contributed by atoms with E-state index >= 15 is 0 Å². The summed E-state index contributed by atoms with van der Waals surface area (Å²) in [5, 5.41) is 3.37. The smallest absolute Gasteiger partial charge is 0.296 e. The summed E-state index contributed by atoms with van der Waals surface area (Å²) in [4.78, 5) is 17.6. The molecule has 0 spiro atoms. The lowest BCUT2D eigenvalue weighted by atomic mass is 9.85. The van der Waals surface area contributed by atoms with Crippen molar-refractivity contribution in [1.29, 1.82) is 0 Å². The highest BCUT2D eigenvalue weighted by Gasteiger charge is 2.28. The molecule has 1 saturated carbocycles. The molecule has 3 heterocycles. The van der Waals surface area contributed by atoms with Crippen molar-refractivity contribution >= 4 is 22.8 Å². The Morgan fingerprint density at radius 2 is 1.59 bits per heavy atom. The van der Waals surface area contributed by atoms with Crippen LogP contribution in [0.5, 0.6) is 0 Å². The zero-order valence-electron chi connectivity index (χ0n) is 23.7. The molecule has 0 radical (unpaired) electrons. The molecule has 3 aromatic rings. The van der Waals surface area contributed by atoms with E-state index in [4.69, 9.17) is 9.72 Å². The molecule has 1 aromatic carbocycles. The average molecular weight is 578 g/mol. The average Bonchev–Trinajstić information content (AvgIpc) is 3.36. The zero-order valence-corrected chi connectivity index (χ0v) is 23.7. The molecule has 2 aliphatic rings. The Bertz CT molecular complexity index is 1260. The maximum atomic E-state index is 14.1. The number of anilines is 2. The van der Waals surface area contributed by atoms with Crippen molar-refractivity contribution in [1.82, 2.24) is 24.4 Å². The van der Waals surface area contributed by atoms with Crippen LogP contribution in [0.25, 0.3) is 16.9 Å². The van der Waals surface area contributed by atoms with Gasteiger partial charge >= 0.3 is 0 Å². The van der Waals surface area contributed by atoms with Gasteiger partial charge in [0, 0.05) is 44.8 Å². The molecule has 8 nitrogen and oxygen atoms in total. The zero-order chi connectivity index (χ0) is 28.9. The Hall–Kier alpha value is -2.99. The second kappa shape index (κ2) is 13.3. The van der Waals surface area contributed by atoms with E-state index in [1.165, 1.54) is 18.4 Å². The third-order valence-corrected chi connectivity index (χ3v) is 7.90. The number of aromatic nitrogens is 4. The van der Waals surface area contributed by atoms with Gasteiger partial charge in [0.2, 0.25) is 5.95 Å². The summed E-state index contributed by atoms with van der Waals surface area (Å²) in [6, 6.07) is 8.92. The summed E-state index contributed by atoms with van der Waals surface area (Å²) in [6.45, 7) is 6.53. The van der Waals surface area contributed by atoms with Crippen molar-refractivity contribution in [3.05, 3.63) is 36.2 Å². The summed E-state index contributed by atoms with van der Waals surface area (Å²) in [7, 11) is 0. The van der Waals surface area contributed by atoms with Crippen molar-refractivity contribution < 1.29 is 22.3 Å². The normalized spacial score (nSPS) is 21.5. The number of nitrogens with zero attached hydrogens (tertiary/aromatic N) is 6. The quantitative estimate of drug-likeness (QED) is 0.299. The molecule has 0 bridgehead atoms. The number of hydrogen-bond donors (Lipinski definition) is 1. The number of para-hydroxylation sites is 2. The third kappa shape index (κ3) is 7.27. The lowest BCUT2D eigenvalue weighted by Crippen LogP contribution is -2.44. The van der Waals surface area contributed by atoms with Gasteiger partial charge in [-0.2, -0.15) is 9.97 Å². The first kappa shape index (κ1) is 29.5. The molecule has 0 amide bonds. The van der Waals surface area contributed by atoms with Gasteiger partial charge in [0.25, 0.3) is 6.43 Å². The number of imidazole rings is 1. The Balaban J connectivity index is 1.35. The number of fused-ring (bicyclic) bond motifs is 1. The first-order valence-corrected chi connectivity index (χ1v) is 14.5. The molecular weight excluding hydrogens is 538 g/mol. The minimum atomic E-state index is -2.78. The molecule has 2 aromatic heterocycles. The second-order valence-electron chi connectivity index (χ2n) is 11.2. The Kier molecular flexibility index (Phi) is 9.59. The third-order valence-electron chi connectivity index (χ3n) is 7.90. The van der Waals surface area contributed by atoms with Crippen molar-refractivity contribution in [3.8, 4) is 5.82 Å². The molecule has 1 aliphatic heterocycles. The number of ether oxygens (including phenoxy) is 1. The van der Waals surface area contributed by atoms with Gasteiger partial charge in [-0.15, -0.1) is 0 Å². The monoisotopic (exact) mass is 577 g/mol. The first-order valence-electron chi connectivity index (χ1n) is 14.5. The molecular formula is C29H39F4N7O. The van der Waals surface area contributed by atoms with E-state index in [2.05, 4.69) is 20.2 Å². The summed E-state index contributed by atoms with van der Waals surface area (Å²) < 4.78 is 62.6. The lowest BCUT2D eigenvalue weighted by molar-refractivity contribution is 0.0866. The Morgan fingerprint density at radius 1 is 0.927 bits per heavy atom. The van der Waals surface area contributed by atoms with Gasteiger partial charge in [0.1, 0.15) is 24.0 Å². The number of alkyl halides is 4. The molecule has 224 valence electrons. The summed E-state index contributed by atoms with van der Waals surface area (Å²) >= 11 is 0. The molecule has 5 rings (SSSR count). The highest BCUT2D eigenvalue weighted by Crippen LogP contribution is 2.31. The fraction of sp³-hybridized carbons (Fsp3) is 0.621. The van der Waals surface area contributed by atoms with E-state index in [0.29, 0.717) is 67.4 Å². The van der Waals surface area contributed by atoms with E-state index in [-0.39, 0.29) is 25.0 Å². The molecule has 1 N–H and O–H groups in total. The number of benzene rings is 1. The molecule has 2 atom stereocenters. The maximum Gasteiger partial charge on any atom is 0.296 e. The topological polar surface area (TPSA) is 71.3 Å². The highest BCUT2D eigenvalue weighted by atomic mass is 19.3. The van der Waals surface area contributed by atoms with Crippen LogP contribution >= 0.6 is 0 Å². The molecule has 41 heavy (non-hydrogen) atoms. The molecule has 12 heteroatoms. The summed E-state index contributed by atoms with van der Waals surface area (Å²) in [5.74, 6) is 1.30. The van der Waals surface area contributed by atoms with Gasteiger partial charge in [-0.1, -0.05) is 12.1 Å². The number of morpholine rings is 1. The standard InChI is InChI=1S/C29H39F4N7O/c1-19(30)17-39(18-20(2)31)22-9-7-21(8-10-22)16-34-29-36-25(38-11-13-41-14-12-38)15-26(37-29)40-24-6-4-3-5-23(24)35-28(40)27(32)33/h3-6,15,19-22,27H,7-14,16-18H2,1-2H3,(H,34,36,37)/t19?,20?,21-,22-. The summed E-state index contributed by atoms with van der Waals surface area (Å²) in [6.07, 6.45) is -1.24. The molecule has 2 fully saturated rings. The fourth-order valence-corrected chi connectivity index (χ4v) is 5.97. The highest BCUT2D eigenvalue weighted by molar-refractivity contribution is 5.78. The van der Waals surface area contributed by atoms with E-state index in [1.54, 1.807) is 30.3 Å². The molecule has 2 unspecified atom stereocenters. The van der Waals surface area contributed by atoms with Gasteiger partial charge in [-0.05, 0) is 57.6 Å². The minimum absolute atomic E-state index is 0.164. The molecule has 1 aliphatic carbocycles. The van der Waals surface area contributed by atoms with E-state index in [0.717, 1.165) is 25.7 Å². The number of hydrogen-bond acceptors (Lipinski definition) is 7. The second-order valence-corrected chi connectivity index (χ2v) is 11.2. The van der Waals surface area contributed by atoms with Gasteiger partial charge in [0.05, 0.1) is 24.2 Å². The van der Waals surface area contributed by atoms with E-state index in [9.17, 15) is 17.6 Å². The SMILES string of the molecule is CC(F)CN(CC(C)F)[C@H]1CC[C@H](CNc2nc(N3CCOCC3)cc(-n3c(C(F)F)nc4ccccc43)n2)CC1. The largest absolute Gasteiger partial charge is 0.378 e. The fourth-order valence-electron chi connectivity index (χ4n) is 5.97. The van der Waals surface area contributed by atoms with Gasteiger partial charge in [-0.25, -0.2) is 22.5 Å². The van der Waals surface area contributed by atoms with Crippen LogP contribution in [-0.2, 0) is 4.74 Å². The Labute approximate surface area is 238 Å². The molecule has 1 saturated heterocycles. The van der Waals surface area contributed by atoms with Gasteiger partial charge < -0.3 is 15.0 Å². The van der Waals surface area contributed by atoms with Crippen LogP contribution in [0.3, 0.4) is 0 Å². The van der Waals surface area contributed by atoms with Crippen LogP contribution < -0.4 is 10.2 Å². The van der Waals surface area contributed by atoms with Gasteiger partial charge in [0.15, 0.2) is 5.82 Å². The van der Waals surface area contributed by atoms with Crippen LogP contribution in [-0.4, -0.2) is 88.7 Å². The summed E-state index contributed by atoms with van der Waals surface area (Å²) in [5.41, 5.74) is 1.02. The van der Waals surface area contributed by atoms with Crippen molar-refractivity contribution in [3.63, 3.8) is 0 Å². The van der Waals surface area contributed by atoms with Crippen LogP contribution in [0.15, 0.2) is 30.3 Å². The Morgan fingerprint density at radius 3 is 2.24 bits per heavy atom. The predicted molar refractivity (Wildman–Crippen MR) is 152 cm³/mol. The lowest BCUT2D eigenvalue weighted by Gasteiger charge is -2.37. The van der Waals surface area contributed by atoms with Gasteiger partial charge in [-0.3, -0.25) is 9.47 Å². The van der Waals surface area contributed by atoms with Crippen molar-refractivity contribution in [2.24, 2.45) is 5.92 Å². The van der Waals surface area contributed by atoms with Crippen molar-refractivity contribution in [2.45, 2.75) is 64.3 Å². The number of rotatable bonds is 11. The van der Waals surface area contributed by atoms with Crippen LogP contribution in [0, 0.1) is 5.92 Å². The van der Waals surface area contributed by atoms with E-state index < -0.39 is 18.8 Å². The van der Waals surface area contributed by atoms with Crippen LogP contribution in [0.2, 0.25) is 0 Å². The predicted octanol–water partition coefficient (Wildman–Crippen LogP) is 5.58. The van der Waals surface area contributed by atoms with Crippen LogP contribution in [0.1, 0.15) is 51.8 Å². The maximum absolute atomic E-state index is 14.1. The van der Waals surface area contributed by atoms with Crippen LogP contribution in [0.4, 0.5) is 29.3 Å². The number of halogens is 4. The minimum Gasteiger partial charge on any atom is -0.378 e. The number of nitrogens with one attached hydrogen (secondary N) is 1.